The molecule has 1 N–H and O–H groups in total. The molecule has 1 aromatic rings. The molecule has 0 unspecified atom stereocenters. The average molecular weight is 285 g/mol. The van der Waals surface area contributed by atoms with Crippen molar-refractivity contribution in [2.24, 2.45) is 0 Å². The Labute approximate surface area is 114 Å². The normalized spacial score (nSPS) is 15.7. The van der Waals surface area contributed by atoms with Crippen LogP contribution in [0.1, 0.15) is 27.0 Å². The molecule has 1 aromatic heterocycles. The molecular formula is C12H15NO3S2. The fourth-order valence-electron chi connectivity index (χ4n) is 1.76. The van der Waals surface area contributed by atoms with Crippen molar-refractivity contribution in [2.45, 2.75) is 25.1 Å². The van der Waals surface area contributed by atoms with E-state index >= 15 is 0 Å². The Morgan fingerprint density at radius 3 is 2.94 bits per heavy atom. The summed E-state index contributed by atoms with van der Waals surface area (Å²) in [5.74, 6) is 1.47. The number of aryl methyl sites for hydroxylation is 1. The van der Waals surface area contributed by atoms with Gasteiger partial charge >= 0.3 is 5.97 Å². The Morgan fingerprint density at radius 2 is 2.28 bits per heavy atom. The molecular weight excluding hydrogens is 270 g/mol. The van der Waals surface area contributed by atoms with Crippen molar-refractivity contribution < 1.29 is 14.3 Å². The second-order valence-corrected chi connectivity index (χ2v) is 6.32. The first-order chi connectivity index (χ1) is 8.61. The van der Waals surface area contributed by atoms with Crippen molar-refractivity contribution in [3.63, 3.8) is 0 Å². The summed E-state index contributed by atoms with van der Waals surface area (Å²) in [5, 5.41) is 2.65. The molecule has 1 atom stereocenters. The molecule has 2 heterocycles. The SMILES string of the molecule is COC(=O)[C@H](C)NC(=O)c1cc2c(s1)CCSC2. The van der Waals surface area contributed by atoms with Gasteiger partial charge in [-0.15, -0.1) is 11.3 Å². The van der Waals surface area contributed by atoms with Crippen molar-refractivity contribution in [3.05, 3.63) is 21.4 Å². The monoisotopic (exact) mass is 285 g/mol. The third-order valence-electron chi connectivity index (χ3n) is 2.75. The number of rotatable bonds is 3. The third kappa shape index (κ3) is 2.87. The number of carbonyl (C=O) groups excluding carboxylic acids is 2. The third-order valence-corrected chi connectivity index (χ3v) is 5.00. The topological polar surface area (TPSA) is 55.4 Å². The molecule has 0 aromatic carbocycles. The molecule has 1 aliphatic heterocycles. The van der Waals surface area contributed by atoms with Crippen LogP contribution in [0.25, 0.3) is 0 Å². The van der Waals surface area contributed by atoms with Crippen LogP contribution in [0.2, 0.25) is 0 Å². The van der Waals surface area contributed by atoms with Gasteiger partial charge in [0.2, 0.25) is 0 Å². The van der Waals surface area contributed by atoms with Crippen LogP contribution in [-0.4, -0.2) is 30.8 Å². The van der Waals surface area contributed by atoms with E-state index in [1.54, 1.807) is 6.92 Å². The van der Waals surface area contributed by atoms with Crippen LogP contribution in [0.15, 0.2) is 6.07 Å². The summed E-state index contributed by atoms with van der Waals surface area (Å²) in [6.45, 7) is 1.62. The van der Waals surface area contributed by atoms with E-state index < -0.39 is 12.0 Å². The van der Waals surface area contributed by atoms with Crippen molar-refractivity contribution in [1.29, 1.82) is 0 Å². The van der Waals surface area contributed by atoms with Crippen LogP contribution in [-0.2, 0) is 21.7 Å². The minimum absolute atomic E-state index is 0.197. The molecule has 6 heteroatoms. The Morgan fingerprint density at radius 1 is 1.50 bits per heavy atom. The fourth-order valence-corrected chi connectivity index (χ4v) is 4.04. The zero-order valence-corrected chi connectivity index (χ0v) is 12.0. The Hall–Kier alpha value is -1.01. The molecule has 98 valence electrons. The van der Waals surface area contributed by atoms with Gasteiger partial charge in [-0.25, -0.2) is 4.79 Å². The highest BCUT2D eigenvalue weighted by molar-refractivity contribution is 7.98. The summed E-state index contributed by atoms with van der Waals surface area (Å²) in [5.41, 5.74) is 1.26. The largest absolute Gasteiger partial charge is 0.467 e. The minimum atomic E-state index is -0.615. The molecule has 0 saturated carbocycles. The Kier molecular flexibility index (Phi) is 4.29. The van der Waals surface area contributed by atoms with Gasteiger partial charge in [0.25, 0.3) is 5.91 Å². The summed E-state index contributed by atoms with van der Waals surface area (Å²) in [6, 6.07) is 1.32. The molecule has 0 aliphatic carbocycles. The number of ether oxygens (including phenoxy) is 1. The van der Waals surface area contributed by atoms with Gasteiger partial charge in [-0.1, -0.05) is 0 Å². The van der Waals surface area contributed by atoms with Gasteiger partial charge in [-0.3, -0.25) is 4.79 Å². The first-order valence-electron chi connectivity index (χ1n) is 5.70. The predicted molar refractivity (Wildman–Crippen MR) is 73.1 cm³/mol. The molecule has 0 fully saturated rings. The molecule has 0 radical (unpaired) electrons. The van der Waals surface area contributed by atoms with E-state index in [9.17, 15) is 9.59 Å². The van der Waals surface area contributed by atoms with E-state index in [-0.39, 0.29) is 5.91 Å². The second-order valence-electron chi connectivity index (χ2n) is 4.08. The number of hydrogen-bond donors (Lipinski definition) is 1. The van der Waals surface area contributed by atoms with Gasteiger partial charge in [0, 0.05) is 10.6 Å². The highest BCUT2D eigenvalue weighted by Gasteiger charge is 2.21. The number of methoxy groups -OCH3 is 1. The Bertz CT molecular complexity index is 446. The van der Waals surface area contributed by atoms with Gasteiger partial charge in [0.1, 0.15) is 6.04 Å². The number of carbonyl (C=O) groups is 2. The minimum Gasteiger partial charge on any atom is -0.467 e. The van der Waals surface area contributed by atoms with E-state index in [2.05, 4.69) is 10.1 Å². The van der Waals surface area contributed by atoms with E-state index in [4.69, 9.17) is 0 Å². The van der Waals surface area contributed by atoms with Crippen LogP contribution < -0.4 is 5.32 Å². The van der Waals surface area contributed by atoms with E-state index in [0.717, 1.165) is 17.9 Å². The summed E-state index contributed by atoms with van der Waals surface area (Å²) in [4.78, 5) is 25.2. The number of fused-ring (bicyclic) bond motifs is 1. The molecule has 0 spiro atoms. The van der Waals surface area contributed by atoms with Gasteiger partial charge < -0.3 is 10.1 Å². The summed E-state index contributed by atoms with van der Waals surface area (Å²) in [6.07, 6.45) is 1.03. The lowest BCUT2D eigenvalue weighted by Gasteiger charge is -2.10. The van der Waals surface area contributed by atoms with Gasteiger partial charge in [-0.05, 0) is 30.7 Å². The standard InChI is InChI=1S/C12H15NO3S2/c1-7(12(15)16-2)13-11(14)10-5-8-6-17-4-3-9(8)18-10/h5,7H,3-4,6H2,1-2H3,(H,13,14)/t7-/m0/s1. The van der Waals surface area contributed by atoms with Gasteiger partial charge in [-0.2, -0.15) is 11.8 Å². The number of thiophene rings is 1. The zero-order valence-electron chi connectivity index (χ0n) is 10.3. The van der Waals surface area contributed by atoms with Crippen molar-refractivity contribution >= 4 is 35.0 Å². The predicted octanol–water partition coefficient (Wildman–Crippen LogP) is 1.83. The number of thioether (sulfide) groups is 1. The number of amides is 1. The quantitative estimate of drug-likeness (QED) is 0.861. The molecule has 2 rings (SSSR count). The second kappa shape index (κ2) is 5.75. The smallest absolute Gasteiger partial charge is 0.328 e. The van der Waals surface area contributed by atoms with Gasteiger partial charge in [0.05, 0.1) is 12.0 Å². The summed E-state index contributed by atoms with van der Waals surface area (Å²) in [7, 11) is 1.31. The van der Waals surface area contributed by atoms with Crippen LogP contribution >= 0.6 is 23.1 Å². The molecule has 1 aliphatic rings. The maximum atomic E-state index is 12.0. The molecule has 0 saturated heterocycles. The van der Waals surface area contributed by atoms with E-state index in [1.165, 1.54) is 28.9 Å². The molecule has 1 amide bonds. The number of hydrogen-bond acceptors (Lipinski definition) is 5. The Balaban J connectivity index is 2.05. The number of nitrogens with one attached hydrogen (secondary N) is 1. The lowest BCUT2D eigenvalue weighted by molar-refractivity contribution is -0.142. The van der Waals surface area contributed by atoms with Crippen LogP contribution in [0.5, 0.6) is 0 Å². The van der Waals surface area contributed by atoms with E-state index in [0.29, 0.717) is 4.88 Å². The highest BCUT2D eigenvalue weighted by Crippen LogP contribution is 2.31. The van der Waals surface area contributed by atoms with Gasteiger partial charge in [0.15, 0.2) is 0 Å². The van der Waals surface area contributed by atoms with Crippen LogP contribution in [0, 0.1) is 0 Å². The van der Waals surface area contributed by atoms with Crippen molar-refractivity contribution in [2.75, 3.05) is 12.9 Å². The summed E-state index contributed by atoms with van der Waals surface area (Å²) < 4.78 is 4.58. The first kappa shape index (κ1) is 13.4. The first-order valence-corrected chi connectivity index (χ1v) is 7.67. The summed E-state index contributed by atoms with van der Waals surface area (Å²) >= 11 is 3.41. The zero-order chi connectivity index (χ0) is 13.1. The maximum absolute atomic E-state index is 12.0. The lowest BCUT2D eigenvalue weighted by Crippen LogP contribution is -2.38. The van der Waals surface area contributed by atoms with Crippen molar-refractivity contribution in [3.8, 4) is 0 Å². The van der Waals surface area contributed by atoms with Crippen molar-refractivity contribution in [1.82, 2.24) is 5.32 Å². The van der Waals surface area contributed by atoms with Crippen LogP contribution in [0.3, 0.4) is 0 Å². The van der Waals surface area contributed by atoms with E-state index in [1.807, 2.05) is 17.8 Å². The molecule has 4 nitrogen and oxygen atoms in total. The number of esters is 1. The fraction of sp³-hybridized carbons (Fsp3) is 0.500. The average Bonchev–Trinajstić information content (AvgIpc) is 2.81. The highest BCUT2D eigenvalue weighted by atomic mass is 32.2. The lowest BCUT2D eigenvalue weighted by atomic mass is 10.2. The molecule has 0 bridgehead atoms. The van der Waals surface area contributed by atoms with Crippen LogP contribution in [0.4, 0.5) is 0 Å². The molecule has 18 heavy (non-hydrogen) atoms. The maximum Gasteiger partial charge on any atom is 0.328 e.